The number of carbonyl (C=O) groups excluding carboxylic acids is 2. The zero-order chi connectivity index (χ0) is 17.4. The van der Waals surface area contributed by atoms with Crippen molar-refractivity contribution in [1.29, 1.82) is 0 Å². The Morgan fingerprint density at radius 2 is 1.75 bits per heavy atom. The lowest BCUT2D eigenvalue weighted by Gasteiger charge is -2.11. The van der Waals surface area contributed by atoms with Crippen LogP contribution in [0.3, 0.4) is 0 Å². The number of amides is 1. The van der Waals surface area contributed by atoms with Crippen LogP contribution in [0.4, 0.5) is 4.39 Å². The third-order valence-electron chi connectivity index (χ3n) is 3.85. The monoisotopic (exact) mass is 322 g/mol. The molecule has 1 aromatic heterocycles. The summed E-state index contributed by atoms with van der Waals surface area (Å²) in [6, 6.07) is 11.0. The summed E-state index contributed by atoms with van der Waals surface area (Å²) in [6.07, 6.45) is 0. The van der Waals surface area contributed by atoms with Crippen LogP contribution in [0.25, 0.3) is 22.0 Å². The maximum Gasteiger partial charge on any atom is 0.267 e. The quantitative estimate of drug-likeness (QED) is 0.748. The summed E-state index contributed by atoms with van der Waals surface area (Å²) in [6.45, 7) is 3.33. The molecule has 1 heterocycles. The molecule has 3 aromatic rings. The van der Waals surface area contributed by atoms with Gasteiger partial charge in [0.25, 0.3) is 5.91 Å². The molecule has 2 N–H and O–H groups in total. The van der Waals surface area contributed by atoms with E-state index in [4.69, 9.17) is 5.73 Å². The molecule has 24 heavy (non-hydrogen) atoms. The predicted octanol–water partition coefficient (Wildman–Crippen LogP) is 3.65. The lowest BCUT2D eigenvalue weighted by molar-refractivity contribution is 0.0994. The number of nitrogens with zero attached hydrogens (tertiary/aromatic N) is 1. The van der Waals surface area contributed by atoms with E-state index >= 15 is 0 Å². The minimum atomic E-state index is -0.679. The molecule has 0 fully saturated rings. The highest BCUT2D eigenvalue weighted by Crippen LogP contribution is 2.29. The molecule has 0 aliphatic heterocycles. The SMILES string of the molecule is CC(=O)c1cc(C)cc2nc(C(N)=O)c(-c3ccc(F)cc3)cc12. The fourth-order valence-corrected chi connectivity index (χ4v) is 2.74. The normalized spacial score (nSPS) is 10.8. The Labute approximate surface area is 138 Å². The minimum absolute atomic E-state index is 0.0919. The van der Waals surface area contributed by atoms with E-state index in [1.54, 1.807) is 30.3 Å². The van der Waals surface area contributed by atoms with Gasteiger partial charge in [-0.1, -0.05) is 12.1 Å². The van der Waals surface area contributed by atoms with E-state index in [-0.39, 0.29) is 17.3 Å². The number of benzene rings is 2. The first kappa shape index (κ1) is 15.8. The van der Waals surface area contributed by atoms with E-state index in [2.05, 4.69) is 4.98 Å². The number of rotatable bonds is 3. The number of fused-ring (bicyclic) bond motifs is 1. The molecule has 0 aliphatic rings. The number of pyridine rings is 1. The second kappa shape index (κ2) is 5.85. The number of halogens is 1. The molecule has 0 radical (unpaired) electrons. The van der Waals surface area contributed by atoms with E-state index in [0.29, 0.717) is 27.6 Å². The average Bonchev–Trinajstić information content (AvgIpc) is 2.53. The van der Waals surface area contributed by atoms with Crippen molar-refractivity contribution in [3.63, 3.8) is 0 Å². The summed E-state index contributed by atoms with van der Waals surface area (Å²) in [4.78, 5) is 28.1. The van der Waals surface area contributed by atoms with Gasteiger partial charge in [0.15, 0.2) is 5.78 Å². The molecule has 0 saturated heterocycles. The molecule has 120 valence electrons. The van der Waals surface area contributed by atoms with Crippen LogP contribution in [0.15, 0.2) is 42.5 Å². The third-order valence-corrected chi connectivity index (χ3v) is 3.85. The predicted molar refractivity (Wildman–Crippen MR) is 90.4 cm³/mol. The van der Waals surface area contributed by atoms with Crippen molar-refractivity contribution in [2.45, 2.75) is 13.8 Å². The van der Waals surface area contributed by atoms with E-state index in [1.807, 2.05) is 6.92 Å². The first-order valence-corrected chi connectivity index (χ1v) is 7.39. The van der Waals surface area contributed by atoms with Gasteiger partial charge in [-0.15, -0.1) is 0 Å². The van der Waals surface area contributed by atoms with Gasteiger partial charge >= 0.3 is 0 Å². The van der Waals surface area contributed by atoms with Gasteiger partial charge in [-0.2, -0.15) is 0 Å². The Balaban J connectivity index is 2.39. The number of Topliss-reactive ketones (excluding diaryl/α,β-unsaturated/α-hetero) is 1. The third kappa shape index (κ3) is 2.76. The van der Waals surface area contributed by atoms with E-state index < -0.39 is 5.91 Å². The van der Waals surface area contributed by atoms with Gasteiger partial charge in [-0.3, -0.25) is 9.59 Å². The molecule has 0 saturated carbocycles. The maximum atomic E-state index is 13.2. The highest BCUT2D eigenvalue weighted by molar-refractivity contribution is 6.09. The van der Waals surface area contributed by atoms with Crippen molar-refractivity contribution in [3.05, 3.63) is 65.1 Å². The summed E-state index contributed by atoms with van der Waals surface area (Å²) in [5.41, 5.74) is 8.56. The van der Waals surface area contributed by atoms with Crippen LogP contribution in [-0.2, 0) is 0 Å². The second-order valence-corrected chi connectivity index (χ2v) is 5.69. The van der Waals surface area contributed by atoms with Crippen LogP contribution >= 0.6 is 0 Å². The molecule has 5 heteroatoms. The summed E-state index contributed by atoms with van der Waals surface area (Å²) >= 11 is 0. The molecule has 0 aliphatic carbocycles. The number of ketones is 1. The first-order chi connectivity index (χ1) is 11.4. The van der Waals surface area contributed by atoms with Crippen molar-refractivity contribution >= 4 is 22.6 Å². The standard InChI is InChI=1S/C19H15FN2O2/c1-10-7-14(11(2)23)16-9-15(12-3-5-13(20)6-4-12)18(19(21)24)22-17(16)8-10/h3-9H,1-2H3,(H2,21,24). The van der Waals surface area contributed by atoms with E-state index in [0.717, 1.165) is 5.56 Å². The average molecular weight is 322 g/mol. The Morgan fingerprint density at radius 3 is 2.33 bits per heavy atom. The number of carbonyl (C=O) groups is 2. The number of aromatic nitrogens is 1. The fourth-order valence-electron chi connectivity index (χ4n) is 2.74. The van der Waals surface area contributed by atoms with Gasteiger partial charge in [-0.25, -0.2) is 9.37 Å². The van der Waals surface area contributed by atoms with Crippen molar-refractivity contribution in [2.75, 3.05) is 0 Å². The highest BCUT2D eigenvalue weighted by Gasteiger charge is 2.17. The van der Waals surface area contributed by atoms with Crippen LogP contribution in [0, 0.1) is 12.7 Å². The summed E-state index contributed by atoms with van der Waals surface area (Å²) in [5.74, 6) is -1.15. The maximum absolute atomic E-state index is 13.2. The van der Waals surface area contributed by atoms with Gasteiger partial charge in [-0.05, 0) is 55.3 Å². The smallest absolute Gasteiger partial charge is 0.267 e. The zero-order valence-corrected chi connectivity index (χ0v) is 13.3. The lowest BCUT2D eigenvalue weighted by Crippen LogP contribution is -2.15. The van der Waals surface area contributed by atoms with Crippen LogP contribution in [0.2, 0.25) is 0 Å². The van der Waals surface area contributed by atoms with Crippen LogP contribution < -0.4 is 5.73 Å². The Morgan fingerprint density at radius 1 is 1.08 bits per heavy atom. The molecule has 0 bridgehead atoms. The molecule has 0 unspecified atom stereocenters. The number of hydrogen-bond donors (Lipinski definition) is 1. The van der Waals surface area contributed by atoms with Crippen molar-refractivity contribution in [1.82, 2.24) is 4.98 Å². The molecule has 1 amide bonds. The van der Waals surface area contributed by atoms with Crippen molar-refractivity contribution in [3.8, 4) is 11.1 Å². The molecule has 0 atom stereocenters. The second-order valence-electron chi connectivity index (χ2n) is 5.69. The fraction of sp³-hybridized carbons (Fsp3) is 0.105. The highest BCUT2D eigenvalue weighted by atomic mass is 19.1. The number of nitrogens with two attached hydrogens (primary N) is 1. The minimum Gasteiger partial charge on any atom is -0.364 e. The van der Waals surface area contributed by atoms with E-state index in [1.165, 1.54) is 19.1 Å². The van der Waals surface area contributed by atoms with Gasteiger partial charge in [0.2, 0.25) is 0 Å². The van der Waals surface area contributed by atoms with Crippen LogP contribution in [0.5, 0.6) is 0 Å². The van der Waals surface area contributed by atoms with Crippen molar-refractivity contribution in [2.24, 2.45) is 5.73 Å². The van der Waals surface area contributed by atoms with Gasteiger partial charge in [0.05, 0.1) is 5.52 Å². The van der Waals surface area contributed by atoms with E-state index in [9.17, 15) is 14.0 Å². The Kier molecular flexibility index (Phi) is 3.85. The molecule has 0 spiro atoms. The number of aryl methyl sites for hydroxylation is 1. The summed E-state index contributed by atoms with van der Waals surface area (Å²) in [5, 5.41) is 0.637. The van der Waals surface area contributed by atoms with Gasteiger partial charge in [0.1, 0.15) is 11.5 Å². The molecule has 2 aromatic carbocycles. The largest absolute Gasteiger partial charge is 0.364 e. The van der Waals surface area contributed by atoms with Crippen LogP contribution in [0.1, 0.15) is 33.3 Å². The van der Waals surface area contributed by atoms with Gasteiger partial charge < -0.3 is 5.73 Å². The molecule has 3 rings (SSSR count). The van der Waals surface area contributed by atoms with Crippen LogP contribution in [-0.4, -0.2) is 16.7 Å². The summed E-state index contributed by atoms with van der Waals surface area (Å²) in [7, 11) is 0. The summed E-state index contributed by atoms with van der Waals surface area (Å²) < 4.78 is 13.2. The topological polar surface area (TPSA) is 73.1 Å². The Hall–Kier alpha value is -3.08. The molecule has 4 nitrogen and oxygen atoms in total. The van der Waals surface area contributed by atoms with Gasteiger partial charge in [0, 0.05) is 16.5 Å². The molecular weight excluding hydrogens is 307 g/mol. The number of hydrogen-bond acceptors (Lipinski definition) is 3. The Bertz CT molecular complexity index is 979. The number of primary amides is 1. The lowest BCUT2D eigenvalue weighted by atomic mass is 9.96. The zero-order valence-electron chi connectivity index (χ0n) is 13.3. The van der Waals surface area contributed by atoms with Crippen molar-refractivity contribution < 1.29 is 14.0 Å². The first-order valence-electron chi connectivity index (χ1n) is 7.39. The molecular formula is C19H15FN2O2.